The summed E-state index contributed by atoms with van der Waals surface area (Å²) in [5.74, 6) is 1.82. The molecule has 0 saturated carbocycles. The minimum Gasteiger partial charge on any atom is -0.381 e. The maximum absolute atomic E-state index is 14.0. The first-order valence-electron chi connectivity index (χ1n) is 16.8. The number of allylic oxidation sites excluding steroid dienone is 3. The highest BCUT2D eigenvalue weighted by atomic mass is 16.5. The fourth-order valence-corrected chi connectivity index (χ4v) is 7.84. The molecule has 4 aliphatic heterocycles. The second kappa shape index (κ2) is 13.5. The summed E-state index contributed by atoms with van der Waals surface area (Å²) < 4.78 is 11.4. The molecular formula is C38H46N4O5. The molecule has 9 heteroatoms. The summed E-state index contributed by atoms with van der Waals surface area (Å²) in [7, 11) is 0. The third-order valence-electron chi connectivity index (χ3n) is 10.5. The van der Waals surface area contributed by atoms with Crippen LogP contribution in [0.5, 0.6) is 0 Å². The Kier molecular flexibility index (Phi) is 9.42. The van der Waals surface area contributed by atoms with Gasteiger partial charge in [-0.2, -0.15) is 0 Å². The van der Waals surface area contributed by atoms with Gasteiger partial charge in [0.2, 0.25) is 5.91 Å². The van der Waals surface area contributed by atoms with E-state index in [0.29, 0.717) is 37.1 Å². The van der Waals surface area contributed by atoms with Gasteiger partial charge in [-0.05, 0) is 105 Å². The van der Waals surface area contributed by atoms with Crippen molar-refractivity contribution in [2.24, 2.45) is 0 Å². The maximum Gasteiger partial charge on any atom is 0.251 e. The molecule has 0 aliphatic carbocycles. The van der Waals surface area contributed by atoms with E-state index >= 15 is 0 Å². The normalized spacial score (nSPS) is 19.2. The van der Waals surface area contributed by atoms with Crippen LogP contribution < -0.4 is 20.4 Å². The Bertz CT molecular complexity index is 1690. The van der Waals surface area contributed by atoms with Crippen molar-refractivity contribution < 1.29 is 23.9 Å². The van der Waals surface area contributed by atoms with Gasteiger partial charge in [0.25, 0.3) is 5.91 Å². The predicted molar refractivity (Wildman–Crippen MR) is 184 cm³/mol. The lowest BCUT2D eigenvalue weighted by Crippen LogP contribution is -2.40. The number of hydrogen-bond donors (Lipinski definition) is 2. The number of carbonyl (C=O) groups is 2. The largest absolute Gasteiger partial charge is 0.381 e. The zero-order valence-electron chi connectivity index (χ0n) is 28.3. The highest BCUT2D eigenvalue weighted by Crippen LogP contribution is 2.48. The second-order valence-electron chi connectivity index (χ2n) is 13.3. The van der Waals surface area contributed by atoms with Crippen LogP contribution in [-0.2, 0) is 24.5 Å². The highest BCUT2D eigenvalue weighted by Gasteiger charge is 2.45. The van der Waals surface area contributed by atoms with Crippen LogP contribution in [0.2, 0.25) is 0 Å². The molecule has 6 rings (SSSR count). The van der Waals surface area contributed by atoms with Crippen LogP contribution in [0.4, 0.5) is 11.4 Å². The summed E-state index contributed by atoms with van der Waals surface area (Å²) in [6.07, 6.45) is 5.58. The Morgan fingerprint density at radius 2 is 1.77 bits per heavy atom. The zero-order chi connectivity index (χ0) is 33.3. The van der Waals surface area contributed by atoms with Crippen LogP contribution >= 0.6 is 0 Å². The van der Waals surface area contributed by atoms with Crippen molar-refractivity contribution in [2.75, 3.05) is 55.9 Å². The molecule has 4 heterocycles. The molecule has 2 saturated heterocycles. The minimum absolute atomic E-state index is 0.0312. The van der Waals surface area contributed by atoms with Crippen molar-refractivity contribution in [1.29, 1.82) is 0 Å². The van der Waals surface area contributed by atoms with Crippen molar-refractivity contribution in [3.8, 4) is 11.1 Å². The molecule has 2 N–H and O–H groups in total. The van der Waals surface area contributed by atoms with E-state index in [4.69, 9.17) is 9.47 Å². The maximum atomic E-state index is 14.0. The topological polar surface area (TPSA) is 100 Å². The van der Waals surface area contributed by atoms with Crippen molar-refractivity contribution >= 4 is 29.1 Å². The molecule has 2 amide bonds. The van der Waals surface area contributed by atoms with Crippen molar-refractivity contribution in [3.63, 3.8) is 0 Å². The Hall–Kier alpha value is -4.17. The van der Waals surface area contributed by atoms with Crippen LogP contribution in [0.15, 0.2) is 58.9 Å². The van der Waals surface area contributed by atoms with Gasteiger partial charge >= 0.3 is 0 Å². The van der Waals surface area contributed by atoms with Crippen molar-refractivity contribution in [2.45, 2.75) is 71.8 Å². The number of benzene rings is 2. The molecule has 47 heavy (non-hydrogen) atoms. The monoisotopic (exact) mass is 638 g/mol. The average Bonchev–Trinajstić information content (AvgIpc) is 3.38. The zero-order valence-corrected chi connectivity index (χ0v) is 28.3. The van der Waals surface area contributed by atoms with Gasteiger partial charge in [0.05, 0.1) is 0 Å². The number of nitrogens with one attached hydrogen (secondary N) is 2. The summed E-state index contributed by atoms with van der Waals surface area (Å²) in [6.45, 7) is 14.1. The molecule has 0 radical (unpaired) electrons. The lowest BCUT2D eigenvalue weighted by molar-refractivity contribution is -0.116. The smallest absolute Gasteiger partial charge is 0.251 e. The average molecular weight is 639 g/mol. The lowest BCUT2D eigenvalue weighted by Gasteiger charge is -2.37. The van der Waals surface area contributed by atoms with E-state index in [-0.39, 0.29) is 23.8 Å². The Morgan fingerprint density at radius 1 is 1.04 bits per heavy atom. The quantitative estimate of drug-likeness (QED) is 0.395. The Morgan fingerprint density at radius 3 is 2.45 bits per heavy atom. The number of carbonyl (C=O) groups excluding carboxylic acids is 3. The van der Waals surface area contributed by atoms with Gasteiger partial charge in [0, 0.05) is 92.7 Å². The van der Waals surface area contributed by atoms with Crippen LogP contribution in [0.1, 0.15) is 74.9 Å². The molecule has 1 spiro atoms. The van der Waals surface area contributed by atoms with Gasteiger partial charge in [-0.3, -0.25) is 9.59 Å². The number of amides is 2. The van der Waals surface area contributed by atoms with Gasteiger partial charge in [-0.25, -0.2) is 4.79 Å². The van der Waals surface area contributed by atoms with Crippen molar-refractivity contribution in [3.05, 3.63) is 75.6 Å². The van der Waals surface area contributed by atoms with Crippen molar-refractivity contribution in [1.82, 2.24) is 10.6 Å². The van der Waals surface area contributed by atoms with Crippen LogP contribution in [0.25, 0.3) is 11.1 Å². The predicted octanol–water partition coefficient (Wildman–Crippen LogP) is 5.35. The van der Waals surface area contributed by atoms with Gasteiger partial charge in [0.15, 0.2) is 5.94 Å². The van der Waals surface area contributed by atoms with E-state index in [1.807, 2.05) is 43.8 Å². The van der Waals surface area contributed by atoms with Gasteiger partial charge in [-0.15, -0.1) is 0 Å². The summed E-state index contributed by atoms with van der Waals surface area (Å²) in [5.41, 5.74) is 9.29. The molecule has 9 nitrogen and oxygen atoms in total. The number of dihydropyridines is 1. The second-order valence-corrected chi connectivity index (χ2v) is 13.3. The van der Waals surface area contributed by atoms with Gasteiger partial charge < -0.3 is 29.9 Å². The standard InChI is InChI=1S/C38H46N4O5/c1-6-41(30-9-13-46-14-10-30)35-20-29(18-31(26(35)4)37(45)39-21-32-24(2)17-25(3)40-34(32)22-43)28-7-8-33-36(19-28)42(27(5)44)23-38(33)11-15-47-16-12-38/h7-8,17-20,30,40H,6,9-16,21,23H2,1-5H3,(H,39,45). The van der Waals surface area contributed by atoms with E-state index in [1.165, 1.54) is 5.56 Å². The minimum atomic E-state index is -0.210. The molecule has 0 unspecified atom stereocenters. The molecule has 2 fully saturated rings. The molecule has 2 aromatic carbocycles. The first-order chi connectivity index (χ1) is 22.7. The van der Waals surface area contributed by atoms with Gasteiger partial charge in [0.1, 0.15) is 5.70 Å². The van der Waals surface area contributed by atoms with E-state index in [9.17, 15) is 14.4 Å². The van der Waals surface area contributed by atoms with E-state index in [0.717, 1.165) is 90.4 Å². The van der Waals surface area contributed by atoms with E-state index in [2.05, 4.69) is 46.7 Å². The molecule has 0 aromatic heterocycles. The number of rotatable bonds is 7. The molecule has 0 bridgehead atoms. The highest BCUT2D eigenvalue weighted by molar-refractivity contribution is 6.00. The Balaban J connectivity index is 1.42. The molecule has 0 atom stereocenters. The summed E-state index contributed by atoms with van der Waals surface area (Å²) >= 11 is 0. The first kappa shape index (κ1) is 32.8. The fourth-order valence-electron chi connectivity index (χ4n) is 7.84. The molecule has 2 aromatic rings. The Labute approximate surface area is 277 Å². The number of anilines is 2. The third kappa shape index (κ3) is 6.28. The molecule has 4 aliphatic rings. The summed E-state index contributed by atoms with van der Waals surface area (Å²) in [5, 5.41) is 6.16. The fraction of sp³-hybridized carbons (Fsp3) is 0.474. The molecule has 248 valence electrons. The summed E-state index contributed by atoms with van der Waals surface area (Å²) in [6, 6.07) is 10.9. The SMILES string of the molecule is CCN(c1cc(-c2ccc3c(c2)N(C(C)=O)CC32CCOCC2)cc(C(=O)NCC2=C(C)C=C(C)NC2=C=O)c1C)C1CCOCC1. The lowest BCUT2D eigenvalue weighted by atomic mass is 9.75. The van der Waals surface area contributed by atoms with Crippen LogP contribution in [0, 0.1) is 6.92 Å². The number of hydrogen-bond acceptors (Lipinski definition) is 7. The molecular weight excluding hydrogens is 592 g/mol. The van der Waals surface area contributed by atoms with E-state index < -0.39 is 0 Å². The van der Waals surface area contributed by atoms with Crippen LogP contribution in [0.3, 0.4) is 0 Å². The van der Waals surface area contributed by atoms with E-state index in [1.54, 1.807) is 6.92 Å². The van der Waals surface area contributed by atoms with Crippen LogP contribution in [-0.4, -0.2) is 69.9 Å². The number of nitrogens with zero attached hydrogens (tertiary/aromatic N) is 2. The number of fused-ring (bicyclic) bond motifs is 2. The van der Waals surface area contributed by atoms with Gasteiger partial charge in [-0.1, -0.05) is 12.1 Å². The summed E-state index contributed by atoms with van der Waals surface area (Å²) in [4.78, 5) is 43.0. The third-order valence-corrected chi connectivity index (χ3v) is 10.5. The first-order valence-corrected chi connectivity index (χ1v) is 16.8. The number of ether oxygens (including phenoxy) is 2.